The number of nitrogens with zero attached hydrogens (tertiary/aromatic N) is 2. The molecule has 5 heteroatoms. The van der Waals surface area contributed by atoms with Crippen molar-refractivity contribution in [3.63, 3.8) is 0 Å². The van der Waals surface area contributed by atoms with Crippen LogP contribution in [0.5, 0.6) is 0 Å². The predicted octanol–water partition coefficient (Wildman–Crippen LogP) is -0.0222. The summed E-state index contributed by atoms with van der Waals surface area (Å²) < 4.78 is 0. The minimum absolute atomic E-state index is 0.458. The number of nitro groups is 1. The molecule has 0 bridgehead atoms. The Morgan fingerprint density at radius 2 is 2.62 bits per heavy atom. The second-order valence-corrected chi connectivity index (χ2v) is 1.07. The van der Waals surface area contributed by atoms with Crippen molar-refractivity contribution in [2.45, 2.75) is 0 Å². The van der Waals surface area contributed by atoms with Crippen LogP contribution in [0.2, 0.25) is 0 Å². The van der Waals surface area contributed by atoms with Gasteiger partial charge in [-0.2, -0.15) is 4.84 Å². The maximum Gasteiger partial charge on any atom is 0.200 e. The van der Waals surface area contributed by atoms with Crippen molar-refractivity contribution in [1.29, 1.82) is 0 Å². The summed E-state index contributed by atoms with van der Waals surface area (Å²) in [6, 6.07) is 0. The van der Waals surface area contributed by atoms with Gasteiger partial charge < -0.3 is 0 Å². The van der Waals surface area contributed by atoms with E-state index in [9.17, 15) is 10.1 Å². The van der Waals surface area contributed by atoms with Crippen LogP contribution in [-0.4, -0.2) is 10.2 Å². The molecule has 0 aromatic carbocycles. The van der Waals surface area contributed by atoms with Gasteiger partial charge in [-0.1, -0.05) is 0 Å². The van der Waals surface area contributed by atoms with E-state index in [1.165, 1.54) is 6.08 Å². The lowest BCUT2D eigenvalue weighted by Gasteiger charge is -1.97. The monoisotopic (exact) mass is 114 g/mol. The zero-order valence-electron chi connectivity index (χ0n) is 3.77. The lowest BCUT2D eigenvalue weighted by Crippen LogP contribution is -2.19. The number of hydroxylamine groups is 1. The standard InChI is InChI=1S/C3H2N2O3/c6-5(7)4-2-1-3-8-4/h1-2H. The number of rotatable bonds is 1. The summed E-state index contributed by atoms with van der Waals surface area (Å²) in [6.07, 6.45) is 2.46. The van der Waals surface area contributed by atoms with Crippen LogP contribution in [0.1, 0.15) is 0 Å². The molecule has 0 aromatic heterocycles. The zero-order chi connectivity index (χ0) is 5.98. The van der Waals surface area contributed by atoms with Crippen molar-refractivity contribution < 1.29 is 9.87 Å². The molecule has 0 saturated carbocycles. The van der Waals surface area contributed by atoms with Crippen molar-refractivity contribution in [3.8, 4) is 0 Å². The molecule has 1 aliphatic heterocycles. The van der Waals surface area contributed by atoms with E-state index >= 15 is 0 Å². The first-order chi connectivity index (χ1) is 3.80. The summed E-state index contributed by atoms with van der Waals surface area (Å²) in [6.45, 7) is 2.16. The van der Waals surface area contributed by atoms with Crippen LogP contribution in [0.15, 0.2) is 12.3 Å². The summed E-state index contributed by atoms with van der Waals surface area (Å²) in [5.41, 5.74) is 0. The summed E-state index contributed by atoms with van der Waals surface area (Å²) in [7, 11) is 0. The third kappa shape index (κ3) is 0.760. The molecule has 8 heavy (non-hydrogen) atoms. The maximum absolute atomic E-state index is 9.72. The third-order valence-electron chi connectivity index (χ3n) is 0.577. The van der Waals surface area contributed by atoms with Gasteiger partial charge in [-0.3, -0.25) is 0 Å². The van der Waals surface area contributed by atoms with Gasteiger partial charge in [0.25, 0.3) is 0 Å². The van der Waals surface area contributed by atoms with E-state index < -0.39 is 5.03 Å². The normalized spacial score (nSPS) is 17.2. The van der Waals surface area contributed by atoms with Gasteiger partial charge in [-0.25, -0.2) is 10.1 Å². The topological polar surface area (TPSA) is 55.6 Å². The number of hydrogen-bond acceptors (Lipinski definition) is 3. The molecule has 0 spiro atoms. The first kappa shape index (κ1) is 5.04. The lowest BCUT2D eigenvalue weighted by atomic mass is 10.7. The Morgan fingerprint density at radius 1 is 1.88 bits per heavy atom. The van der Waals surface area contributed by atoms with Crippen LogP contribution in [0.25, 0.3) is 0 Å². The molecule has 0 amide bonds. The summed E-state index contributed by atoms with van der Waals surface area (Å²) in [5, 5.41) is 9.48. The second-order valence-electron chi connectivity index (χ2n) is 1.07. The molecule has 0 saturated heterocycles. The molecule has 0 N–H and O–H groups in total. The minimum atomic E-state index is -0.698. The van der Waals surface area contributed by atoms with Gasteiger partial charge in [0.05, 0.1) is 0 Å². The van der Waals surface area contributed by atoms with Gasteiger partial charge in [0.2, 0.25) is 0 Å². The third-order valence-corrected chi connectivity index (χ3v) is 0.577. The van der Waals surface area contributed by atoms with Crippen LogP contribution in [0.4, 0.5) is 0 Å². The highest BCUT2D eigenvalue weighted by Crippen LogP contribution is 2.02. The van der Waals surface area contributed by atoms with Crippen LogP contribution in [0, 0.1) is 16.7 Å². The second kappa shape index (κ2) is 1.79. The number of hydrogen-bond donors (Lipinski definition) is 0. The van der Waals surface area contributed by atoms with Gasteiger partial charge in [-0.15, -0.1) is 0 Å². The summed E-state index contributed by atoms with van der Waals surface area (Å²) in [4.78, 5) is 13.9. The average Bonchev–Trinajstić information content (AvgIpc) is 2.12. The van der Waals surface area contributed by atoms with Crippen molar-refractivity contribution >= 4 is 0 Å². The highest BCUT2D eigenvalue weighted by atomic mass is 16.8. The SMILES string of the molecule is O=[N+]([O-])N1C=C[C]O1. The molecule has 42 valence electrons. The van der Waals surface area contributed by atoms with E-state index in [-0.39, 0.29) is 0 Å². The molecule has 1 heterocycles. The predicted molar refractivity (Wildman–Crippen MR) is 22.3 cm³/mol. The number of hydrazine groups is 1. The molecule has 1 rings (SSSR count). The van der Waals surface area contributed by atoms with E-state index in [4.69, 9.17) is 0 Å². The zero-order valence-corrected chi connectivity index (χ0v) is 3.77. The van der Waals surface area contributed by atoms with Crippen LogP contribution in [-0.2, 0) is 4.84 Å². The Hall–Kier alpha value is -1.10. The van der Waals surface area contributed by atoms with Crippen molar-refractivity contribution in [3.05, 3.63) is 29.0 Å². The average molecular weight is 114 g/mol. The van der Waals surface area contributed by atoms with E-state index in [0.29, 0.717) is 5.17 Å². The summed E-state index contributed by atoms with van der Waals surface area (Å²) in [5.74, 6) is 0. The van der Waals surface area contributed by atoms with Gasteiger partial charge in [-0.05, 0) is 6.08 Å². The highest BCUT2D eigenvalue weighted by molar-refractivity contribution is 4.89. The molecule has 2 radical (unpaired) electrons. The first-order valence-corrected chi connectivity index (χ1v) is 1.83. The fourth-order valence-electron chi connectivity index (χ4n) is 0.297. The largest absolute Gasteiger partial charge is 0.232 e. The van der Waals surface area contributed by atoms with E-state index in [0.717, 1.165) is 6.20 Å². The Kier molecular flexibility index (Phi) is 1.13. The highest BCUT2D eigenvalue weighted by Gasteiger charge is 2.15. The Labute approximate surface area is 45.2 Å². The Balaban J connectivity index is 2.48. The van der Waals surface area contributed by atoms with Crippen molar-refractivity contribution in [1.82, 2.24) is 5.17 Å². The van der Waals surface area contributed by atoms with E-state index in [2.05, 4.69) is 11.4 Å². The maximum atomic E-state index is 9.72. The smallest absolute Gasteiger partial charge is 0.200 e. The molecule has 1 aliphatic rings. The molecule has 0 fully saturated rings. The lowest BCUT2D eigenvalue weighted by molar-refractivity contribution is -0.708. The molecule has 0 aliphatic carbocycles. The van der Waals surface area contributed by atoms with Crippen molar-refractivity contribution in [2.75, 3.05) is 0 Å². The fraction of sp³-hybridized carbons (Fsp3) is 0. The van der Waals surface area contributed by atoms with Crippen molar-refractivity contribution in [2.24, 2.45) is 0 Å². The molecule has 0 atom stereocenters. The van der Waals surface area contributed by atoms with E-state index in [1.807, 2.05) is 0 Å². The fourth-order valence-corrected chi connectivity index (χ4v) is 0.297. The van der Waals surface area contributed by atoms with Crippen LogP contribution in [0.3, 0.4) is 0 Å². The Bertz CT molecular complexity index is 132. The molecule has 0 unspecified atom stereocenters. The van der Waals surface area contributed by atoms with Gasteiger partial charge in [0.1, 0.15) is 6.20 Å². The van der Waals surface area contributed by atoms with Gasteiger partial charge >= 0.3 is 0 Å². The van der Waals surface area contributed by atoms with Crippen LogP contribution >= 0.6 is 0 Å². The molecular formula is C3H2N2O3. The quantitative estimate of drug-likeness (QED) is 0.355. The summed E-state index contributed by atoms with van der Waals surface area (Å²) >= 11 is 0. The molecule has 5 nitrogen and oxygen atoms in total. The van der Waals surface area contributed by atoms with Gasteiger partial charge in [0, 0.05) is 5.17 Å². The molecular weight excluding hydrogens is 112 g/mol. The molecule has 0 aromatic rings. The first-order valence-electron chi connectivity index (χ1n) is 1.83. The Morgan fingerprint density at radius 3 is 2.88 bits per heavy atom. The minimum Gasteiger partial charge on any atom is -0.232 e. The van der Waals surface area contributed by atoms with E-state index in [1.54, 1.807) is 0 Å². The van der Waals surface area contributed by atoms with Gasteiger partial charge in [0.15, 0.2) is 11.6 Å². The van der Waals surface area contributed by atoms with Crippen LogP contribution < -0.4 is 0 Å².